The molecule has 112 valence electrons. The molecule has 0 spiro atoms. The largest absolute Gasteiger partial charge is 0.325 e. The zero-order valence-corrected chi connectivity index (χ0v) is 13.3. The number of rotatable bonds is 8. The van der Waals surface area contributed by atoms with Crippen LogP contribution >= 0.6 is 0 Å². The molecule has 0 aromatic carbocycles. The fraction of sp³-hybridized carbons (Fsp3) is 0.933. The first-order chi connectivity index (χ1) is 9.04. The zero-order valence-electron chi connectivity index (χ0n) is 13.3. The third-order valence-corrected chi connectivity index (χ3v) is 4.10. The van der Waals surface area contributed by atoms with E-state index in [2.05, 4.69) is 49.7 Å². The van der Waals surface area contributed by atoms with Crippen molar-refractivity contribution < 1.29 is 4.79 Å². The standard InChI is InChI=1S/C15H31N3O/c1-6-13-15(19)18(14(16-13)12(4)5)11-9-10-17(7-2)8-3/h12-14,16H,6-11H2,1-5H3. The van der Waals surface area contributed by atoms with Crippen LogP contribution in [-0.4, -0.2) is 54.1 Å². The molecule has 1 rings (SSSR count). The Hall–Kier alpha value is -0.610. The molecule has 4 nitrogen and oxygen atoms in total. The first-order valence-corrected chi connectivity index (χ1v) is 7.83. The summed E-state index contributed by atoms with van der Waals surface area (Å²) in [6.45, 7) is 15.0. The summed E-state index contributed by atoms with van der Waals surface area (Å²) in [4.78, 5) is 16.8. The summed E-state index contributed by atoms with van der Waals surface area (Å²) in [6.07, 6.45) is 2.16. The van der Waals surface area contributed by atoms with Crippen LogP contribution in [-0.2, 0) is 4.79 Å². The van der Waals surface area contributed by atoms with Crippen molar-refractivity contribution in [1.29, 1.82) is 0 Å². The van der Waals surface area contributed by atoms with Crippen LogP contribution in [0.2, 0.25) is 0 Å². The van der Waals surface area contributed by atoms with E-state index in [1.54, 1.807) is 0 Å². The van der Waals surface area contributed by atoms with Crippen LogP contribution in [0.3, 0.4) is 0 Å². The summed E-state index contributed by atoms with van der Waals surface area (Å²) in [6, 6.07) is 0.0286. The van der Waals surface area contributed by atoms with E-state index in [-0.39, 0.29) is 12.2 Å². The van der Waals surface area contributed by atoms with Crippen molar-refractivity contribution in [2.45, 2.75) is 59.7 Å². The molecule has 2 atom stereocenters. The maximum absolute atomic E-state index is 12.3. The van der Waals surface area contributed by atoms with Crippen molar-refractivity contribution in [2.75, 3.05) is 26.2 Å². The first kappa shape index (κ1) is 16.4. The number of hydrogen-bond donors (Lipinski definition) is 1. The second-order valence-electron chi connectivity index (χ2n) is 5.73. The summed E-state index contributed by atoms with van der Waals surface area (Å²) in [5.41, 5.74) is 0. The molecule has 0 saturated carbocycles. The molecule has 1 heterocycles. The number of nitrogens with zero attached hydrogens (tertiary/aromatic N) is 2. The van der Waals surface area contributed by atoms with E-state index in [4.69, 9.17) is 0 Å². The van der Waals surface area contributed by atoms with Gasteiger partial charge >= 0.3 is 0 Å². The molecule has 1 amide bonds. The van der Waals surface area contributed by atoms with Crippen LogP contribution in [0.15, 0.2) is 0 Å². The quantitative estimate of drug-likeness (QED) is 0.731. The van der Waals surface area contributed by atoms with Gasteiger partial charge in [0.2, 0.25) is 5.91 Å². The normalized spacial score (nSPS) is 23.9. The Balaban J connectivity index is 2.51. The van der Waals surface area contributed by atoms with Gasteiger partial charge in [-0.2, -0.15) is 0 Å². The maximum Gasteiger partial charge on any atom is 0.241 e. The van der Waals surface area contributed by atoms with Crippen molar-refractivity contribution in [1.82, 2.24) is 15.1 Å². The Labute approximate surface area is 118 Å². The minimum Gasteiger partial charge on any atom is -0.325 e. The van der Waals surface area contributed by atoms with Gasteiger partial charge in [0.15, 0.2) is 0 Å². The molecule has 4 heteroatoms. The fourth-order valence-corrected chi connectivity index (χ4v) is 2.80. The minimum absolute atomic E-state index is 0.0286. The predicted molar refractivity (Wildman–Crippen MR) is 80.0 cm³/mol. The first-order valence-electron chi connectivity index (χ1n) is 7.83. The molecule has 0 aromatic rings. The van der Waals surface area contributed by atoms with Crippen molar-refractivity contribution >= 4 is 5.91 Å². The smallest absolute Gasteiger partial charge is 0.241 e. The molecule has 0 aliphatic carbocycles. The average Bonchev–Trinajstić information content (AvgIpc) is 2.72. The summed E-state index contributed by atoms with van der Waals surface area (Å²) >= 11 is 0. The molecular formula is C15H31N3O. The molecular weight excluding hydrogens is 238 g/mol. The Morgan fingerprint density at radius 1 is 1.26 bits per heavy atom. The Morgan fingerprint density at radius 2 is 1.89 bits per heavy atom. The van der Waals surface area contributed by atoms with Crippen LogP contribution in [0.5, 0.6) is 0 Å². The number of hydrogen-bond acceptors (Lipinski definition) is 3. The second kappa shape index (κ2) is 7.85. The summed E-state index contributed by atoms with van der Waals surface area (Å²) < 4.78 is 0. The monoisotopic (exact) mass is 269 g/mol. The van der Waals surface area contributed by atoms with E-state index < -0.39 is 0 Å². The van der Waals surface area contributed by atoms with Gasteiger partial charge in [0, 0.05) is 6.54 Å². The highest BCUT2D eigenvalue weighted by atomic mass is 16.2. The van der Waals surface area contributed by atoms with Gasteiger partial charge in [0.1, 0.15) is 0 Å². The molecule has 2 unspecified atom stereocenters. The lowest BCUT2D eigenvalue weighted by atomic mass is 10.1. The Bertz CT molecular complexity index is 277. The van der Waals surface area contributed by atoms with Crippen LogP contribution < -0.4 is 5.32 Å². The topological polar surface area (TPSA) is 35.6 Å². The lowest BCUT2D eigenvalue weighted by molar-refractivity contribution is -0.130. The molecule has 1 aliphatic heterocycles. The number of nitrogens with one attached hydrogen (secondary N) is 1. The van der Waals surface area contributed by atoms with E-state index in [1.165, 1.54) is 0 Å². The molecule has 1 N–H and O–H groups in total. The number of amides is 1. The molecule has 0 radical (unpaired) electrons. The zero-order chi connectivity index (χ0) is 14.4. The molecule has 0 bridgehead atoms. The molecule has 1 fully saturated rings. The third-order valence-electron chi connectivity index (χ3n) is 4.10. The van der Waals surface area contributed by atoms with Gasteiger partial charge in [-0.1, -0.05) is 34.6 Å². The van der Waals surface area contributed by atoms with Crippen molar-refractivity contribution in [3.8, 4) is 0 Å². The van der Waals surface area contributed by atoms with Crippen molar-refractivity contribution in [3.05, 3.63) is 0 Å². The highest BCUT2D eigenvalue weighted by molar-refractivity contribution is 5.84. The van der Waals surface area contributed by atoms with Crippen LogP contribution in [0.1, 0.15) is 47.5 Å². The van der Waals surface area contributed by atoms with E-state index in [0.29, 0.717) is 11.8 Å². The van der Waals surface area contributed by atoms with E-state index in [9.17, 15) is 4.79 Å². The fourth-order valence-electron chi connectivity index (χ4n) is 2.80. The van der Waals surface area contributed by atoms with E-state index >= 15 is 0 Å². The molecule has 19 heavy (non-hydrogen) atoms. The molecule has 1 saturated heterocycles. The average molecular weight is 269 g/mol. The highest BCUT2D eigenvalue weighted by Crippen LogP contribution is 2.19. The molecule has 0 aromatic heterocycles. The van der Waals surface area contributed by atoms with Crippen LogP contribution in [0.4, 0.5) is 0 Å². The van der Waals surface area contributed by atoms with Crippen LogP contribution in [0.25, 0.3) is 0 Å². The second-order valence-corrected chi connectivity index (χ2v) is 5.73. The van der Waals surface area contributed by atoms with Gasteiger partial charge in [0.05, 0.1) is 12.2 Å². The lowest BCUT2D eigenvalue weighted by Gasteiger charge is -2.28. The van der Waals surface area contributed by atoms with Crippen molar-refractivity contribution in [2.24, 2.45) is 5.92 Å². The Kier molecular flexibility index (Phi) is 6.80. The van der Waals surface area contributed by atoms with Crippen LogP contribution in [0, 0.1) is 5.92 Å². The number of carbonyl (C=O) groups is 1. The summed E-state index contributed by atoms with van der Waals surface area (Å²) in [7, 11) is 0. The highest BCUT2D eigenvalue weighted by Gasteiger charge is 2.38. The van der Waals surface area contributed by atoms with Crippen molar-refractivity contribution in [3.63, 3.8) is 0 Å². The number of carbonyl (C=O) groups excluding carboxylic acids is 1. The van der Waals surface area contributed by atoms with Gasteiger partial charge in [-0.3, -0.25) is 10.1 Å². The SMILES string of the molecule is CCC1NC(C(C)C)N(CCCN(CC)CC)C1=O. The Morgan fingerprint density at radius 3 is 2.37 bits per heavy atom. The van der Waals surface area contributed by atoms with E-state index in [0.717, 1.165) is 39.0 Å². The third kappa shape index (κ3) is 4.18. The van der Waals surface area contributed by atoms with E-state index in [1.807, 2.05) is 0 Å². The summed E-state index contributed by atoms with van der Waals surface area (Å²) in [5.74, 6) is 0.759. The maximum atomic E-state index is 12.3. The summed E-state index contributed by atoms with van der Waals surface area (Å²) in [5, 5.41) is 3.47. The molecule has 1 aliphatic rings. The minimum atomic E-state index is 0.0286. The van der Waals surface area contributed by atoms with Gasteiger partial charge in [0.25, 0.3) is 0 Å². The van der Waals surface area contributed by atoms with Gasteiger partial charge in [-0.25, -0.2) is 0 Å². The van der Waals surface area contributed by atoms with Gasteiger partial charge in [-0.15, -0.1) is 0 Å². The predicted octanol–water partition coefficient (Wildman–Crippen LogP) is 1.91. The lowest BCUT2D eigenvalue weighted by Crippen LogP contribution is -2.42. The van der Waals surface area contributed by atoms with Gasteiger partial charge in [-0.05, 0) is 38.4 Å². The van der Waals surface area contributed by atoms with Gasteiger partial charge < -0.3 is 9.80 Å².